The van der Waals surface area contributed by atoms with E-state index in [1.165, 1.54) is 16.7 Å². The van der Waals surface area contributed by atoms with E-state index in [-0.39, 0.29) is 6.04 Å². The van der Waals surface area contributed by atoms with E-state index in [1.807, 2.05) is 0 Å². The molecule has 2 nitrogen and oxygen atoms in total. The lowest BCUT2D eigenvalue weighted by Crippen LogP contribution is -2.25. The van der Waals surface area contributed by atoms with Gasteiger partial charge in [0.25, 0.3) is 0 Å². The van der Waals surface area contributed by atoms with Crippen molar-refractivity contribution in [3.63, 3.8) is 0 Å². The zero-order valence-electron chi connectivity index (χ0n) is 12.2. The predicted molar refractivity (Wildman–Crippen MR) is 91.0 cm³/mol. The minimum Gasteiger partial charge on any atom is -0.324 e. The number of hydrogen-bond donors (Lipinski definition) is 2. The Morgan fingerprint density at radius 1 is 1.14 bits per heavy atom. The maximum absolute atomic E-state index is 6.27. The van der Waals surface area contributed by atoms with Crippen LogP contribution in [0.1, 0.15) is 54.6 Å². The van der Waals surface area contributed by atoms with Crippen molar-refractivity contribution in [3.05, 3.63) is 69.7 Å². The summed E-state index contributed by atoms with van der Waals surface area (Å²) in [4.78, 5) is 0. The SMILES string of the molecule is CCC(NC1CC(N)c2ccccc21)c1ccc(Br)cc1. The van der Waals surface area contributed by atoms with Crippen LogP contribution in [0.3, 0.4) is 0 Å². The minimum absolute atomic E-state index is 0.154. The second-order valence-electron chi connectivity index (χ2n) is 5.70. The molecule has 3 rings (SSSR count). The Morgan fingerprint density at radius 3 is 2.48 bits per heavy atom. The van der Waals surface area contributed by atoms with Gasteiger partial charge in [-0.3, -0.25) is 0 Å². The first-order valence-electron chi connectivity index (χ1n) is 7.55. The van der Waals surface area contributed by atoms with E-state index in [4.69, 9.17) is 5.73 Å². The molecule has 0 heterocycles. The zero-order chi connectivity index (χ0) is 14.8. The van der Waals surface area contributed by atoms with E-state index in [1.54, 1.807) is 0 Å². The molecule has 110 valence electrons. The summed E-state index contributed by atoms with van der Waals surface area (Å²) >= 11 is 3.50. The third-order valence-corrected chi connectivity index (χ3v) is 4.87. The number of nitrogens with one attached hydrogen (secondary N) is 1. The Morgan fingerprint density at radius 2 is 1.81 bits per heavy atom. The fraction of sp³-hybridized carbons (Fsp3) is 0.333. The van der Waals surface area contributed by atoms with Crippen molar-refractivity contribution >= 4 is 15.9 Å². The summed E-state index contributed by atoms with van der Waals surface area (Å²) in [5.74, 6) is 0. The van der Waals surface area contributed by atoms with Crippen molar-refractivity contribution in [1.29, 1.82) is 0 Å². The highest BCUT2D eigenvalue weighted by atomic mass is 79.9. The molecule has 1 aliphatic carbocycles. The Bertz CT molecular complexity index is 609. The highest BCUT2D eigenvalue weighted by Gasteiger charge is 2.29. The van der Waals surface area contributed by atoms with Gasteiger partial charge in [-0.1, -0.05) is 59.3 Å². The van der Waals surface area contributed by atoms with E-state index in [9.17, 15) is 0 Å². The minimum atomic E-state index is 0.154. The van der Waals surface area contributed by atoms with Crippen LogP contribution in [0.2, 0.25) is 0 Å². The van der Waals surface area contributed by atoms with Crippen LogP contribution >= 0.6 is 15.9 Å². The second-order valence-corrected chi connectivity index (χ2v) is 6.62. The van der Waals surface area contributed by atoms with Gasteiger partial charge in [-0.15, -0.1) is 0 Å². The van der Waals surface area contributed by atoms with Gasteiger partial charge in [-0.05, 0) is 41.7 Å². The molecule has 0 aromatic heterocycles. The number of fused-ring (bicyclic) bond motifs is 1. The van der Waals surface area contributed by atoms with E-state index < -0.39 is 0 Å². The Kier molecular flexibility index (Phi) is 4.43. The van der Waals surface area contributed by atoms with E-state index in [0.29, 0.717) is 12.1 Å². The average Bonchev–Trinajstić information content (AvgIpc) is 2.83. The summed E-state index contributed by atoms with van der Waals surface area (Å²) in [6, 6.07) is 18.0. The molecule has 1 aliphatic rings. The van der Waals surface area contributed by atoms with Crippen molar-refractivity contribution < 1.29 is 0 Å². The normalized spacial score (nSPS) is 22.0. The van der Waals surface area contributed by atoms with Crippen LogP contribution in [0.25, 0.3) is 0 Å². The molecular weight excluding hydrogens is 324 g/mol. The fourth-order valence-electron chi connectivity index (χ4n) is 3.22. The number of halogens is 1. The van der Waals surface area contributed by atoms with Crippen LogP contribution in [0.5, 0.6) is 0 Å². The van der Waals surface area contributed by atoms with Gasteiger partial charge in [0.1, 0.15) is 0 Å². The lowest BCUT2D eigenvalue weighted by molar-refractivity contribution is 0.418. The molecular formula is C18H21BrN2. The maximum atomic E-state index is 6.27. The van der Waals surface area contributed by atoms with E-state index in [0.717, 1.165) is 17.3 Å². The van der Waals surface area contributed by atoms with Crippen molar-refractivity contribution in [1.82, 2.24) is 5.32 Å². The summed E-state index contributed by atoms with van der Waals surface area (Å²) in [5.41, 5.74) is 10.3. The van der Waals surface area contributed by atoms with Gasteiger partial charge >= 0.3 is 0 Å². The highest BCUT2D eigenvalue weighted by molar-refractivity contribution is 9.10. The lowest BCUT2D eigenvalue weighted by Gasteiger charge is -2.23. The molecule has 0 aliphatic heterocycles. The third-order valence-electron chi connectivity index (χ3n) is 4.34. The van der Waals surface area contributed by atoms with E-state index in [2.05, 4.69) is 76.7 Å². The van der Waals surface area contributed by atoms with Crippen molar-refractivity contribution in [2.45, 2.75) is 37.9 Å². The number of benzene rings is 2. The van der Waals surface area contributed by atoms with Crippen molar-refractivity contribution in [2.75, 3.05) is 0 Å². The molecule has 2 aromatic rings. The van der Waals surface area contributed by atoms with Gasteiger partial charge in [0.15, 0.2) is 0 Å². The van der Waals surface area contributed by atoms with Gasteiger partial charge in [0.2, 0.25) is 0 Å². The molecule has 0 bridgehead atoms. The monoisotopic (exact) mass is 344 g/mol. The first-order chi connectivity index (χ1) is 10.2. The first-order valence-corrected chi connectivity index (χ1v) is 8.34. The Labute approximate surface area is 134 Å². The molecule has 0 amide bonds. The highest BCUT2D eigenvalue weighted by Crippen LogP contribution is 2.38. The summed E-state index contributed by atoms with van der Waals surface area (Å²) in [6.07, 6.45) is 2.04. The molecule has 0 saturated heterocycles. The van der Waals surface area contributed by atoms with Crippen LogP contribution in [-0.2, 0) is 0 Å². The summed E-state index contributed by atoms with van der Waals surface area (Å²) in [6.45, 7) is 2.22. The Hall–Kier alpha value is -1.16. The topological polar surface area (TPSA) is 38.0 Å². The molecule has 2 aromatic carbocycles. The van der Waals surface area contributed by atoms with Gasteiger partial charge in [-0.25, -0.2) is 0 Å². The molecule has 21 heavy (non-hydrogen) atoms. The lowest BCUT2D eigenvalue weighted by atomic mass is 10.0. The van der Waals surface area contributed by atoms with Gasteiger partial charge in [-0.2, -0.15) is 0 Å². The number of hydrogen-bond acceptors (Lipinski definition) is 2. The zero-order valence-corrected chi connectivity index (χ0v) is 13.8. The van der Waals surface area contributed by atoms with Crippen LogP contribution < -0.4 is 11.1 Å². The quantitative estimate of drug-likeness (QED) is 0.848. The largest absolute Gasteiger partial charge is 0.324 e. The first kappa shape index (κ1) is 14.8. The van der Waals surface area contributed by atoms with Gasteiger partial charge < -0.3 is 11.1 Å². The van der Waals surface area contributed by atoms with Crippen LogP contribution in [0.15, 0.2) is 53.0 Å². The summed E-state index contributed by atoms with van der Waals surface area (Å²) < 4.78 is 1.12. The number of rotatable bonds is 4. The maximum Gasteiger partial charge on any atom is 0.0347 e. The van der Waals surface area contributed by atoms with Crippen LogP contribution in [-0.4, -0.2) is 0 Å². The molecule has 0 radical (unpaired) electrons. The fourth-order valence-corrected chi connectivity index (χ4v) is 3.48. The molecule has 3 atom stereocenters. The summed E-state index contributed by atoms with van der Waals surface area (Å²) in [7, 11) is 0. The smallest absolute Gasteiger partial charge is 0.0347 e. The summed E-state index contributed by atoms with van der Waals surface area (Å²) in [5, 5.41) is 3.79. The van der Waals surface area contributed by atoms with Crippen molar-refractivity contribution in [2.24, 2.45) is 5.73 Å². The van der Waals surface area contributed by atoms with Crippen LogP contribution in [0, 0.1) is 0 Å². The second kappa shape index (κ2) is 6.30. The van der Waals surface area contributed by atoms with E-state index >= 15 is 0 Å². The van der Waals surface area contributed by atoms with Crippen LogP contribution in [0.4, 0.5) is 0 Å². The van der Waals surface area contributed by atoms with Gasteiger partial charge in [0, 0.05) is 22.6 Å². The number of nitrogens with two attached hydrogens (primary N) is 1. The molecule has 3 heteroatoms. The Balaban J connectivity index is 1.81. The van der Waals surface area contributed by atoms with Gasteiger partial charge in [0.05, 0.1) is 0 Å². The molecule has 0 fully saturated rings. The average molecular weight is 345 g/mol. The predicted octanol–water partition coefficient (Wildman–Crippen LogP) is 4.63. The molecule has 3 unspecified atom stereocenters. The van der Waals surface area contributed by atoms with Crippen molar-refractivity contribution in [3.8, 4) is 0 Å². The molecule has 0 saturated carbocycles. The third kappa shape index (κ3) is 3.05. The molecule has 0 spiro atoms. The standard InChI is InChI=1S/C18H21BrN2/c1-2-17(12-7-9-13(19)10-8-12)21-18-11-16(20)14-5-3-4-6-15(14)18/h3-10,16-18,21H,2,11,20H2,1H3. The molecule has 3 N–H and O–H groups in total.